The van der Waals surface area contributed by atoms with Gasteiger partial charge in [-0.25, -0.2) is 9.97 Å². The van der Waals surface area contributed by atoms with E-state index in [2.05, 4.69) is 39.6 Å². The Morgan fingerprint density at radius 3 is 2.53 bits per heavy atom. The average Bonchev–Trinajstić information content (AvgIpc) is 3.13. The minimum absolute atomic E-state index is 0.445. The Morgan fingerprint density at radius 1 is 1.12 bits per heavy atom. The Labute approximate surface area is 99.9 Å². The summed E-state index contributed by atoms with van der Waals surface area (Å²) in [7, 11) is 0. The highest BCUT2D eigenvalue weighted by Gasteiger charge is 2.38. The van der Waals surface area contributed by atoms with E-state index in [9.17, 15) is 0 Å². The summed E-state index contributed by atoms with van der Waals surface area (Å²) in [5.74, 6) is 1.24. The second kappa shape index (κ2) is 4.05. The molecule has 1 aliphatic carbocycles. The van der Waals surface area contributed by atoms with Crippen LogP contribution in [0.4, 0.5) is 11.6 Å². The lowest BCUT2D eigenvalue weighted by Gasteiger charge is -2.04. The van der Waals surface area contributed by atoms with Gasteiger partial charge in [0.2, 0.25) is 5.95 Å². The first-order chi connectivity index (χ1) is 8.33. The third kappa shape index (κ3) is 2.20. The van der Waals surface area contributed by atoms with E-state index in [0.29, 0.717) is 23.6 Å². The van der Waals surface area contributed by atoms with Crippen molar-refractivity contribution in [2.75, 3.05) is 11.1 Å². The van der Waals surface area contributed by atoms with Crippen molar-refractivity contribution in [3.05, 3.63) is 48.3 Å². The van der Waals surface area contributed by atoms with Crippen molar-refractivity contribution in [1.82, 2.24) is 9.97 Å². The highest BCUT2D eigenvalue weighted by atomic mass is 15.1. The number of hydrogen-bond donors (Lipinski definition) is 2. The van der Waals surface area contributed by atoms with Gasteiger partial charge in [-0.15, -0.1) is 0 Å². The number of nitrogen functional groups attached to an aromatic ring is 1. The average molecular weight is 226 g/mol. The molecule has 1 aromatic carbocycles. The standard InChI is InChI=1S/C13H14N4/c14-10-7-15-13(16-8-10)17-12-6-11(12)9-4-2-1-3-5-9/h1-5,7-8,11-12H,6,14H2,(H,15,16,17). The number of benzene rings is 1. The van der Waals surface area contributed by atoms with Crippen molar-refractivity contribution in [2.45, 2.75) is 18.4 Å². The molecule has 1 heterocycles. The minimum Gasteiger partial charge on any atom is -0.396 e. The smallest absolute Gasteiger partial charge is 0.222 e. The van der Waals surface area contributed by atoms with E-state index in [1.54, 1.807) is 12.4 Å². The van der Waals surface area contributed by atoms with E-state index in [1.807, 2.05) is 6.07 Å². The van der Waals surface area contributed by atoms with Crippen LogP contribution in [-0.4, -0.2) is 16.0 Å². The summed E-state index contributed by atoms with van der Waals surface area (Å²) < 4.78 is 0. The third-order valence-electron chi connectivity index (χ3n) is 3.00. The van der Waals surface area contributed by atoms with E-state index in [4.69, 9.17) is 5.73 Å². The first-order valence-electron chi connectivity index (χ1n) is 5.72. The molecule has 1 aliphatic rings. The monoisotopic (exact) mass is 226 g/mol. The SMILES string of the molecule is Nc1cnc(NC2CC2c2ccccc2)nc1. The summed E-state index contributed by atoms with van der Waals surface area (Å²) in [5.41, 5.74) is 7.50. The fourth-order valence-corrected chi connectivity index (χ4v) is 2.00. The summed E-state index contributed by atoms with van der Waals surface area (Å²) >= 11 is 0. The zero-order valence-corrected chi connectivity index (χ0v) is 9.38. The van der Waals surface area contributed by atoms with Gasteiger partial charge in [0.1, 0.15) is 0 Å². The Balaban J connectivity index is 1.64. The van der Waals surface area contributed by atoms with Crippen LogP contribution in [0, 0.1) is 0 Å². The second-order valence-corrected chi connectivity index (χ2v) is 4.34. The van der Waals surface area contributed by atoms with E-state index < -0.39 is 0 Å². The van der Waals surface area contributed by atoms with Crippen molar-refractivity contribution < 1.29 is 0 Å². The number of nitrogens with one attached hydrogen (secondary N) is 1. The number of anilines is 2. The van der Waals surface area contributed by atoms with Crippen molar-refractivity contribution in [2.24, 2.45) is 0 Å². The van der Waals surface area contributed by atoms with Crippen LogP contribution in [0.15, 0.2) is 42.7 Å². The predicted octanol–water partition coefficient (Wildman–Crippen LogP) is 2.03. The van der Waals surface area contributed by atoms with E-state index >= 15 is 0 Å². The molecule has 3 rings (SSSR count). The van der Waals surface area contributed by atoms with Crippen molar-refractivity contribution in [3.8, 4) is 0 Å². The molecule has 2 atom stereocenters. The normalized spacial score (nSPS) is 22.1. The molecule has 0 bridgehead atoms. The Morgan fingerprint density at radius 2 is 1.82 bits per heavy atom. The van der Waals surface area contributed by atoms with Crippen molar-refractivity contribution in [1.29, 1.82) is 0 Å². The summed E-state index contributed by atoms with van der Waals surface area (Å²) in [4.78, 5) is 8.28. The third-order valence-corrected chi connectivity index (χ3v) is 3.00. The maximum absolute atomic E-state index is 5.54. The lowest BCUT2D eigenvalue weighted by Crippen LogP contribution is -2.07. The molecule has 0 amide bonds. The molecule has 17 heavy (non-hydrogen) atoms. The van der Waals surface area contributed by atoms with Gasteiger partial charge in [0.15, 0.2) is 0 Å². The molecule has 2 aromatic rings. The predicted molar refractivity (Wildman–Crippen MR) is 67.7 cm³/mol. The molecule has 86 valence electrons. The molecular weight excluding hydrogens is 212 g/mol. The van der Waals surface area contributed by atoms with Gasteiger partial charge in [-0.3, -0.25) is 0 Å². The summed E-state index contributed by atoms with van der Waals surface area (Å²) in [6.45, 7) is 0. The maximum Gasteiger partial charge on any atom is 0.222 e. The van der Waals surface area contributed by atoms with Gasteiger partial charge in [0, 0.05) is 12.0 Å². The Bertz CT molecular complexity index is 495. The summed E-state index contributed by atoms with van der Waals surface area (Å²) in [6.07, 6.45) is 4.38. The van der Waals surface area contributed by atoms with Crippen LogP contribution in [0.1, 0.15) is 17.9 Å². The van der Waals surface area contributed by atoms with E-state index in [0.717, 1.165) is 6.42 Å². The van der Waals surface area contributed by atoms with Gasteiger partial charge in [-0.2, -0.15) is 0 Å². The molecule has 0 aliphatic heterocycles. The van der Waals surface area contributed by atoms with Gasteiger partial charge in [-0.1, -0.05) is 30.3 Å². The molecule has 1 fully saturated rings. The fourth-order valence-electron chi connectivity index (χ4n) is 2.00. The number of hydrogen-bond acceptors (Lipinski definition) is 4. The maximum atomic E-state index is 5.54. The van der Waals surface area contributed by atoms with Crippen LogP contribution in [0.2, 0.25) is 0 Å². The van der Waals surface area contributed by atoms with Crippen LogP contribution >= 0.6 is 0 Å². The highest BCUT2D eigenvalue weighted by molar-refractivity contribution is 5.40. The molecule has 3 N–H and O–H groups in total. The van der Waals surface area contributed by atoms with Crippen molar-refractivity contribution >= 4 is 11.6 Å². The van der Waals surface area contributed by atoms with Crippen LogP contribution in [-0.2, 0) is 0 Å². The number of nitrogens with zero attached hydrogens (tertiary/aromatic N) is 2. The molecule has 4 nitrogen and oxygen atoms in total. The fraction of sp³-hybridized carbons (Fsp3) is 0.231. The highest BCUT2D eigenvalue weighted by Crippen LogP contribution is 2.42. The quantitative estimate of drug-likeness (QED) is 0.840. The van der Waals surface area contributed by atoms with E-state index in [1.165, 1.54) is 5.56 Å². The molecule has 1 aromatic heterocycles. The number of nitrogens with two attached hydrogens (primary N) is 1. The molecule has 1 saturated carbocycles. The largest absolute Gasteiger partial charge is 0.396 e. The zero-order chi connectivity index (χ0) is 11.7. The molecule has 0 radical (unpaired) electrons. The minimum atomic E-state index is 0.445. The molecule has 0 saturated heterocycles. The van der Waals surface area contributed by atoms with Crippen molar-refractivity contribution in [3.63, 3.8) is 0 Å². The van der Waals surface area contributed by atoms with Gasteiger partial charge >= 0.3 is 0 Å². The van der Waals surface area contributed by atoms with Crippen LogP contribution in [0.25, 0.3) is 0 Å². The summed E-state index contributed by atoms with van der Waals surface area (Å²) in [5, 5.41) is 3.31. The van der Waals surface area contributed by atoms with Gasteiger partial charge in [-0.05, 0) is 12.0 Å². The lowest BCUT2D eigenvalue weighted by molar-refractivity contribution is 1.00. The van der Waals surface area contributed by atoms with Gasteiger partial charge < -0.3 is 11.1 Å². The number of aromatic nitrogens is 2. The molecule has 0 spiro atoms. The van der Waals surface area contributed by atoms with Gasteiger partial charge in [0.25, 0.3) is 0 Å². The van der Waals surface area contributed by atoms with Crippen LogP contribution < -0.4 is 11.1 Å². The number of rotatable bonds is 3. The summed E-state index contributed by atoms with van der Waals surface area (Å²) in [6, 6.07) is 11.0. The second-order valence-electron chi connectivity index (χ2n) is 4.34. The van der Waals surface area contributed by atoms with Crippen LogP contribution in [0.5, 0.6) is 0 Å². The topological polar surface area (TPSA) is 63.8 Å². The first-order valence-corrected chi connectivity index (χ1v) is 5.72. The van der Waals surface area contributed by atoms with Crippen LogP contribution in [0.3, 0.4) is 0 Å². The molecule has 4 heteroatoms. The Kier molecular flexibility index (Phi) is 2.40. The van der Waals surface area contributed by atoms with E-state index in [-0.39, 0.29) is 0 Å². The molecule has 2 unspecified atom stereocenters. The Hall–Kier alpha value is -2.10. The molecular formula is C13H14N4. The first kappa shape index (κ1) is 10.1. The zero-order valence-electron chi connectivity index (χ0n) is 9.38. The van der Waals surface area contributed by atoms with Gasteiger partial charge in [0.05, 0.1) is 18.1 Å². The lowest BCUT2D eigenvalue weighted by atomic mass is 10.1.